The number of hydrogen-bond donors (Lipinski definition) is 2. The van der Waals surface area contributed by atoms with E-state index in [0.717, 1.165) is 0 Å². The molecule has 2 N–H and O–H groups in total. The first kappa shape index (κ1) is 15.8. The zero-order chi connectivity index (χ0) is 14.1. The predicted octanol–water partition coefficient (Wildman–Crippen LogP) is 0.0894. The summed E-state index contributed by atoms with van der Waals surface area (Å²) >= 11 is 0. The van der Waals surface area contributed by atoms with Crippen LogP contribution in [0.4, 0.5) is 0 Å². The molecule has 7 heteroatoms. The zero-order valence-electron chi connectivity index (χ0n) is 11.7. The van der Waals surface area contributed by atoms with Gasteiger partial charge in [-0.15, -0.1) is 0 Å². The highest BCUT2D eigenvalue weighted by Gasteiger charge is 2.36. The molecule has 0 spiro atoms. The van der Waals surface area contributed by atoms with Gasteiger partial charge in [-0.05, 0) is 34.6 Å². The van der Waals surface area contributed by atoms with Crippen LogP contribution in [0.3, 0.4) is 0 Å². The summed E-state index contributed by atoms with van der Waals surface area (Å²) in [6, 6.07) is 0. The second-order valence-electron chi connectivity index (χ2n) is 5.58. The van der Waals surface area contributed by atoms with E-state index in [1.807, 2.05) is 13.8 Å². The van der Waals surface area contributed by atoms with E-state index < -0.39 is 21.9 Å². The van der Waals surface area contributed by atoms with Crippen molar-refractivity contribution in [3.8, 4) is 0 Å². The summed E-state index contributed by atoms with van der Waals surface area (Å²) in [6.07, 6.45) is -1.02. The third kappa shape index (κ3) is 3.89. The Bertz CT molecular complexity index is 371. The van der Waals surface area contributed by atoms with E-state index in [1.165, 1.54) is 4.31 Å². The van der Waals surface area contributed by atoms with Crippen LogP contribution in [0.2, 0.25) is 0 Å². The van der Waals surface area contributed by atoms with Crippen LogP contribution in [0, 0.1) is 0 Å². The van der Waals surface area contributed by atoms with Gasteiger partial charge in [-0.25, -0.2) is 0 Å². The largest absolute Gasteiger partial charge is 0.391 e. The Morgan fingerprint density at radius 2 is 1.78 bits per heavy atom. The van der Waals surface area contributed by atoms with Crippen LogP contribution in [0.1, 0.15) is 34.6 Å². The lowest BCUT2D eigenvalue weighted by molar-refractivity contribution is -0.0448. The Balaban J connectivity index is 2.81. The predicted molar refractivity (Wildman–Crippen MR) is 69.4 cm³/mol. The lowest BCUT2D eigenvalue weighted by atomic mass is 10.0. The Kier molecular flexibility index (Phi) is 4.77. The first-order valence-corrected chi connectivity index (χ1v) is 7.61. The van der Waals surface area contributed by atoms with Gasteiger partial charge in [0.15, 0.2) is 0 Å². The van der Waals surface area contributed by atoms with Crippen molar-refractivity contribution in [2.45, 2.75) is 58.5 Å². The monoisotopic (exact) mass is 280 g/mol. The fourth-order valence-corrected chi connectivity index (χ4v) is 3.59. The topological polar surface area (TPSA) is 78.9 Å². The summed E-state index contributed by atoms with van der Waals surface area (Å²) in [5, 5.41) is 9.58. The fourth-order valence-electron chi connectivity index (χ4n) is 1.81. The quantitative estimate of drug-likeness (QED) is 0.765. The normalized spacial score (nSPS) is 29.2. The summed E-state index contributed by atoms with van der Waals surface area (Å²) in [7, 11) is -3.61. The highest BCUT2D eigenvalue weighted by atomic mass is 32.2. The number of nitrogens with one attached hydrogen (secondary N) is 1. The highest BCUT2D eigenvalue weighted by Crippen LogP contribution is 2.17. The number of nitrogens with zero attached hydrogens (tertiary/aromatic N) is 1. The first-order valence-electron chi connectivity index (χ1n) is 6.17. The third-order valence-corrected chi connectivity index (χ3v) is 4.92. The molecule has 0 bridgehead atoms. The lowest BCUT2D eigenvalue weighted by Gasteiger charge is -2.37. The van der Waals surface area contributed by atoms with Gasteiger partial charge in [0.05, 0.1) is 23.9 Å². The van der Waals surface area contributed by atoms with Crippen LogP contribution < -0.4 is 4.72 Å². The molecule has 1 aliphatic heterocycles. The van der Waals surface area contributed by atoms with Crippen LogP contribution >= 0.6 is 0 Å². The molecular formula is C11H24N2O4S. The third-order valence-electron chi connectivity index (χ3n) is 3.16. The minimum atomic E-state index is -3.61. The minimum Gasteiger partial charge on any atom is -0.391 e. The van der Waals surface area contributed by atoms with Gasteiger partial charge in [-0.2, -0.15) is 17.4 Å². The number of aliphatic hydroxyl groups is 1. The van der Waals surface area contributed by atoms with Crippen molar-refractivity contribution in [3.05, 3.63) is 0 Å². The van der Waals surface area contributed by atoms with Crippen LogP contribution in [-0.4, -0.2) is 54.8 Å². The summed E-state index contributed by atoms with van der Waals surface area (Å²) in [5.74, 6) is 0. The Labute approximate surface area is 109 Å². The smallest absolute Gasteiger partial charge is 0.280 e. The molecule has 1 fully saturated rings. The van der Waals surface area contributed by atoms with E-state index in [0.29, 0.717) is 13.1 Å². The van der Waals surface area contributed by atoms with E-state index >= 15 is 0 Å². The van der Waals surface area contributed by atoms with Crippen LogP contribution in [0.25, 0.3) is 0 Å². The maximum Gasteiger partial charge on any atom is 0.280 e. The second kappa shape index (κ2) is 5.42. The molecule has 108 valence electrons. The number of aliphatic hydroxyl groups excluding tert-OH is 1. The molecule has 0 amide bonds. The molecule has 1 aliphatic rings. The van der Waals surface area contributed by atoms with Crippen LogP contribution in [-0.2, 0) is 14.9 Å². The van der Waals surface area contributed by atoms with Gasteiger partial charge >= 0.3 is 0 Å². The highest BCUT2D eigenvalue weighted by molar-refractivity contribution is 7.87. The van der Waals surface area contributed by atoms with Crippen molar-refractivity contribution in [2.75, 3.05) is 13.1 Å². The molecule has 1 saturated heterocycles. The van der Waals surface area contributed by atoms with Crippen molar-refractivity contribution in [1.82, 2.24) is 9.03 Å². The first-order chi connectivity index (χ1) is 8.04. The van der Waals surface area contributed by atoms with Crippen LogP contribution in [0.5, 0.6) is 0 Å². The van der Waals surface area contributed by atoms with Crippen LogP contribution in [0.15, 0.2) is 0 Å². The Morgan fingerprint density at radius 3 is 2.17 bits per heavy atom. The molecule has 6 nitrogen and oxygen atoms in total. The molecule has 0 aromatic heterocycles. The Hall–Kier alpha value is -0.210. The molecule has 3 atom stereocenters. The van der Waals surface area contributed by atoms with E-state index in [1.54, 1.807) is 20.8 Å². The van der Waals surface area contributed by atoms with Gasteiger partial charge in [-0.3, -0.25) is 0 Å². The molecule has 3 unspecified atom stereocenters. The fraction of sp³-hybridized carbons (Fsp3) is 1.00. The number of rotatable bonds is 4. The molecule has 18 heavy (non-hydrogen) atoms. The molecule has 1 rings (SSSR count). The molecule has 0 saturated carbocycles. The maximum atomic E-state index is 12.2. The average Bonchev–Trinajstić information content (AvgIpc) is 2.13. The van der Waals surface area contributed by atoms with Gasteiger partial charge < -0.3 is 9.84 Å². The van der Waals surface area contributed by atoms with Crippen molar-refractivity contribution < 1.29 is 18.3 Å². The summed E-state index contributed by atoms with van der Waals surface area (Å²) < 4.78 is 33.9. The molecule has 0 aromatic rings. The van der Waals surface area contributed by atoms with E-state index in [9.17, 15) is 13.5 Å². The number of ether oxygens (including phenoxy) is 1. The second-order valence-corrected chi connectivity index (χ2v) is 7.25. The number of hydrogen-bond acceptors (Lipinski definition) is 4. The molecule has 0 aliphatic carbocycles. The van der Waals surface area contributed by atoms with Crippen molar-refractivity contribution in [1.29, 1.82) is 0 Å². The summed E-state index contributed by atoms with van der Waals surface area (Å²) in [5.41, 5.74) is -0.899. The van der Waals surface area contributed by atoms with E-state index in [4.69, 9.17) is 4.74 Å². The van der Waals surface area contributed by atoms with Gasteiger partial charge in [0.2, 0.25) is 0 Å². The number of morpholine rings is 1. The van der Waals surface area contributed by atoms with E-state index in [2.05, 4.69) is 4.72 Å². The summed E-state index contributed by atoms with van der Waals surface area (Å²) in [6.45, 7) is 9.22. The molecule has 0 aromatic carbocycles. The van der Waals surface area contributed by atoms with Crippen molar-refractivity contribution in [2.24, 2.45) is 0 Å². The van der Waals surface area contributed by atoms with Gasteiger partial charge in [0.1, 0.15) is 0 Å². The van der Waals surface area contributed by atoms with Gasteiger partial charge in [-0.1, -0.05) is 0 Å². The van der Waals surface area contributed by atoms with E-state index in [-0.39, 0.29) is 12.2 Å². The average molecular weight is 280 g/mol. The van der Waals surface area contributed by atoms with Crippen molar-refractivity contribution >= 4 is 10.2 Å². The summed E-state index contributed by atoms with van der Waals surface area (Å²) in [4.78, 5) is 0. The molecule has 0 radical (unpaired) electrons. The van der Waals surface area contributed by atoms with Crippen molar-refractivity contribution in [3.63, 3.8) is 0 Å². The molecular weight excluding hydrogens is 256 g/mol. The van der Waals surface area contributed by atoms with Gasteiger partial charge in [0.25, 0.3) is 10.2 Å². The maximum absolute atomic E-state index is 12.2. The molecule has 1 heterocycles. The lowest BCUT2D eigenvalue weighted by Crippen LogP contribution is -2.58. The standard InChI is InChI=1S/C11H24N2O4S/c1-8-6-13(7-9(2)17-8)18(15,16)12-11(4,5)10(3)14/h8-10,12,14H,6-7H2,1-5H3. The SMILES string of the molecule is CC1CN(S(=O)(=O)NC(C)(C)C(C)O)CC(C)O1. The zero-order valence-corrected chi connectivity index (χ0v) is 12.5. The van der Waals surface area contributed by atoms with Gasteiger partial charge in [0, 0.05) is 13.1 Å². The Morgan fingerprint density at radius 1 is 1.33 bits per heavy atom. The minimum absolute atomic E-state index is 0.125.